The van der Waals surface area contributed by atoms with Gasteiger partial charge in [-0.3, -0.25) is 0 Å². The van der Waals surface area contributed by atoms with E-state index in [1.807, 2.05) is 0 Å². The maximum atomic E-state index is 2.47. The lowest BCUT2D eigenvalue weighted by atomic mass is 10.1. The lowest BCUT2D eigenvalue weighted by Crippen LogP contribution is -1.88. The SMILES string of the molecule is CCCC1C(C)C1C1CC1CC. The van der Waals surface area contributed by atoms with Crippen molar-refractivity contribution in [3.05, 3.63) is 0 Å². The molecule has 2 rings (SSSR count). The summed E-state index contributed by atoms with van der Waals surface area (Å²) >= 11 is 0. The van der Waals surface area contributed by atoms with Gasteiger partial charge in [-0.2, -0.15) is 0 Å². The van der Waals surface area contributed by atoms with Gasteiger partial charge in [-0.25, -0.2) is 0 Å². The average molecular weight is 166 g/mol. The van der Waals surface area contributed by atoms with E-state index in [1.165, 1.54) is 19.3 Å². The molecular weight excluding hydrogens is 144 g/mol. The summed E-state index contributed by atoms with van der Waals surface area (Å²) in [5, 5.41) is 0. The van der Waals surface area contributed by atoms with Gasteiger partial charge in [0.1, 0.15) is 0 Å². The van der Waals surface area contributed by atoms with Crippen LogP contribution in [-0.4, -0.2) is 0 Å². The van der Waals surface area contributed by atoms with Crippen LogP contribution in [0.25, 0.3) is 0 Å². The number of rotatable bonds is 4. The van der Waals surface area contributed by atoms with Crippen molar-refractivity contribution in [3.8, 4) is 0 Å². The molecule has 0 amide bonds. The average Bonchev–Trinajstić information content (AvgIpc) is 2.91. The maximum absolute atomic E-state index is 2.47. The number of hydrogen-bond donors (Lipinski definition) is 0. The Labute approximate surface area is 76.7 Å². The third-order valence-corrected chi connectivity index (χ3v) is 4.25. The van der Waals surface area contributed by atoms with Gasteiger partial charge in [0.15, 0.2) is 0 Å². The monoisotopic (exact) mass is 166 g/mol. The topological polar surface area (TPSA) is 0 Å². The molecule has 0 heterocycles. The molecule has 0 aromatic carbocycles. The van der Waals surface area contributed by atoms with E-state index in [4.69, 9.17) is 0 Å². The second kappa shape index (κ2) is 3.05. The van der Waals surface area contributed by atoms with E-state index in [9.17, 15) is 0 Å². The van der Waals surface area contributed by atoms with Crippen LogP contribution >= 0.6 is 0 Å². The first-order valence-electron chi connectivity index (χ1n) is 5.79. The highest BCUT2D eigenvalue weighted by Crippen LogP contribution is 2.63. The summed E-state index contributed by atoms with van der Waals surface area (Å²) in [6, 6.07) is 0. The molecule has 0 radical (unpaired) electrons. The highest BCUT2D eigenvalue weighted by molar-refractivity contribution is 5.05. The van der Waals surface area contributed by atoms with Crippen molar-refractivity contribution in [2.45, 2.75) is 46.5 Å². The molecule has 2 saturated carbocycles. The van der Waals surface area contributed by atoms with Crippen LogP contribution in [0.4, 0.5) is 0 Å². The molecule has 0 aromatic rings. The molecule has 2 aliphatic carbocycles. The maximum Gasteiger partial charge on any atom is -0.0323 e. The van der Waals surface area contributed by atoms with Crippen molar-refractivity contribution in [1.29, 1.82) is 0 Å². The van der Waals surface area contributed by atoms with Gasteiger partial charge in [-0.1, -0.05) is 40.0 Å². The lowest BCUT2D eigenvalue weighted by Gasteiger charge is -1.95. The molecule has 0 aliphatic heterocycles. The first kappa shape index (κ1) is 8.59. The smallest absolute Gasteiger partial charge is 0.0323 e. The van der Waals surface area contributed by atoms with Crippen molar-refractivity contribution >= 4 is 0 Å². The summed E-state index contributed by atoms with van der Waals surface area (Å²) in [6.45, 7) is 7.15. The van der Waals surface area contributed by atoms with Crippen LogP contribution in [-0.2, 0) is 0 Å². The Morgan fingerprint density at radius 3 is 2.50 bits per heavy atom. The predicted octanol–water partition coefficient (Wildman–Crippen LogP) is 3.71. The molecule has 70 valence electrons. The van der Waals surface area contributed by atoms with Crippen molar-refractivity contribution < 1.29 is 0 Å². The Hall–Kier alpha value is 0. The van der Waals surface area contributed by atoms with E-state index in [2.05, 4.69) is 20.8 Å². The summed E-state index contributed by atoms with van der Waals surface area (Å²) in [5.41, 5.74) is 0. The zero-order valence-electron chi connectivity index (χ0n) is 8.72. The van der Waals surface area contributed by atoms with Crippen molar-refractivity contribution in [2.24, 2.45) is 29.6 Å². The third-order valence-electron chi connectivity index (χ3n) is 4.25. The molecule has 0 spiro atoms. The van der Waals surface area contributed by atoms with Crippen LogP contribution in [0.1, 0.15) is 46.5 Å². The van der Waals surface area contributed by atoms with Crippen LogP contribution in [0, 0.1) is 29.6 Å². The molecule has 0 aromatic heterocycles. The Morgan fingerprint density at radius 2 is 2.00 bits per heavy atom. The normalized spacial score (nSPS) is 50.8. The van der Waals surface area contributed by atoms with Gasteiger partial charge in [0, 0.05) is 0 Å². The zero-order valence-corrected chi connectivity index (χ0v) is 8.72. The summed E-state index contributed by atoms with van der Waals surface area (Å²) in [4.78, 5) is 0. The van der Waals surface area contributed by atoms with Crippen molar-refractivity contribution in [2.75, 3.05) is 0 Å². The largest absolute Gasteiger partial charge is 0.0654 e. The zero-order chi connectivity index (χ0) is 8.72. The fourth-order valence-electron chi connectivity index (χ4n) is 3.29. The van der Waals surface area contributed by atoms with E-state index < -0.39 is 0 Å². The van der Waals surface area contributed by atoms with E-state index >= 15 is 0 Å². The Bertz CT molecular complexity index is 159. The molecule has 0 nitrogen and oxygen atoms in total. The molecule has 2 fully saturated rings. The second-order valence-electron chi connectivity index (χ2n) is 4.96. The predicted molar refractivity (Wildman–Crippen MR) is 52.9 cm³/mol. The van der Waals surface area contributed by atoms with E-state index in [0.717, 1.165) is 29.6 Å². The van der Waals surface area contributed by atoms with Crippen LogP contribution in [0.2, 0.25) is 0 Å². The highest BCUT2D eigenvalue weighted by atomic mass is 14.6. The molecule has 5 atom stereocenters. The Balaban J connectivity index is 1.78. The van der Waals surface area contributed by atoms with Crippen LogP contribution in [0.3, 0.4) is 0 Å². The fraction of sp³-hybridized carbons (Fsp3) is 1.00. The third kappa shape index (κ3) is 1.30. The molecule has 12 heavy (non-hydrogen) atoms. The molecule has 2 aliphatic rings. The Morgan fingerprint density at radius 1 is 1.25 bits per heavy atom. The van der Waals surface area contributed by atoms with E-state index in [0.29, 0.717) is 0 Å². The summed E-state index contributed by atoms with van der Waals surface area (Å²) in [7, 11) is 0. The fourth-order valence-corrected chi connectivity index (χ4v) is 3.29. The van der Waals surface area contributed by atoms with Crippen LogP contribution in [0.15, 0.2) is 0 Å². The van der Waals surface area contributed by atoms with Gasteiger partial charge < -0.3 is 0 Å². The Kier molecular flexibility index (Phi) is 2.18. The van der Waals surface area contributed by atoms with Gasteiger partial charge in [-0.05, 0) is 36.0 Å². The van der Waals surface area contributed by atoms with Crippen molar-refractivity contribution in [1.82, 2.24) is 0 Å². The number of hydrogen-bond acceptors (Lipinski definition) is 0. The molecule has 0 saturated heterocycles. The van der Waals surface area contributed by atoms with Gasteiger partial charge in [0.25, 0.3) is 0 Å². The van der Waals surface area contributed by atoms with Gasteiger partial charge in [0.2, 0.25) is 0 Å². The van der Waals surface area contributed by atoms with Crippen molar-refractivity contribution in [3.63, 3.8) is 0 Å². The first-order valence-corrected chi connectivity index (χ1v) is 5.79. The minimum Gasteiger partial charge on any atom is -0.0654 e. The molecular formula is C12H22. The summed E-state index contributed by atoms with van der Waals surface area (Å²) < 4.78 is 0. The van der Waals surface area contributed by atoms with E-state index in [-0.39, 0.29) is 0 Å². The first-order chi connectivity index (χ1) is 5.79. The van der Waals surface area contributed by atoms with Crippen LogP contribution < -0.4 is 0 Å². The summed E-state index contributed by atoms with van der Waals surface area (Å²) in [5.74, 6) is 5.62. The van der Waals surface area contributed by atoms with Gasteiger partial charge in [-0.15, -0.1) is 0 Å². The second-order valence-corrected chi connectivity index (χ2v) is 4.96. The van der Waals surface area contributed by atoms with Crippen LogP contribution in [0.5, 0.6) is 0 Å². The molecule has 5 unspecified atom stereocenters. The minimum atomic E-state index is 1.08. The quantitative estimate of drug-likeness (QED) is 0.597. The highest BCUT2D eigenvalue weighted by Gasteiger charge is 2.56. The molecule has 0 heteroatoms. The summed E-state index contributed by atoms with van der Waals surface area (Å²) in [6.07, 6.45) is 5.90. The van der Waals surface area contributed by atoms with Gasteiger partial charge >= 0.3 is 0 Å². The molecule has 0 bridgehead atoms. The van der Waals surface area contributed by atoms with Gasteiger partial charge in [0.05, 0.1) is 0 Å². The molecule has 0 N–H and O–H groups in total. The minimum absolute atomic E-state index is 1.08. The van der Waals surface area contributed by atoms with E-state index in [1.54, 1.807) is 6.42 Å². The lowest BCUT2D eigenvalue weighted by molar-refractivity contribution is 0.543. The standard InChI is InChI=1S/C12H22/c1-4-6-10-8(3)12(10)11-7-9(11)5-2/h8-12H,4-7H2,1-3H3.